The van der Waals surface area contributed by atoms with Crippen LogP contribution in [0.1, 0.15) is 24.3 Å². The summed E-state index contributed by atoms with van der Waals surface area (Å²) in [6.45, 7) is 3.83. The molecular weight excluding hydrogens is 526 g/mol. The Hall–Kier alpha value is -2.68. The summed E-state index contributed by atoms with van der Waals surface area (Å²) in [7, 11) is 1.51. The minimum absolute atomic E-state index is 0.248. The van der Waals surface area contributed by atoms with Crippen LogP contribution in [0.15, 0.2) is 58.1 Å². The van der Waals surface area contributed by atoms with Crippen LogP contribution in [0, 0.1) is 6.92 Å². The first-order valence-corrected chi connectivity index (χ1v) is 12.2. The van der Waals surface area contributed by atoms with E-state index in [-0.39, 0.29) is 11.5 Å². The summed E-state index contributed by atoms with van der Waals surface area (Å²) in [4.78, 5) is 33.0. The molecule has 0 aliphatic heterocycles. The molecule has 1 amide bonds. The zero-order valence-corrected chi connectivity index (χ0v) is 21.3. The zero-order chi connectivity index (χ0) is 23.7. The third kappa shape index (κ3) is 4.55. The van der Waals surface area contributed by atoms with Gasteiger partial charge in [0, 0.05) is 19.9 Å². The van der Waals surface area contributed by atoms with E-state index in [1.165, 1.54) is 29.3 Å². The van der Waals surface area contributed by atoms with Gasteiger partial charge in [0.1, 0.15) is 16.6 Å². The number of hydrogen-bond acceptors (Lipinski definition) is 5. The van der Waals surface area contributed by atoms with Gasteiger partial charge in [-0.15, -0.1) is 11.3 Å². The third-order valence-corrected chi connectivity index (χ3v) is 7.17. The molecule has 33 heavy (non-hydrogen) atoms. The van der Waals surface area contributed by atoms with Crippen LogP contribution in [-0.4, -0.2) is 22.6 Å². The van der Waals surface area contributed by atoms with E-state index in [1.807, 2.05) is 38.1 Å². The second-order valence-electron chi connectivity index (χ2n) is 7.44. The minimum atomic E-state index is -0.754. The summed E-state index contributed by atoms with van der Waals surface area (Å²) in [5.41, 5.74) is 1.97. The second-order valence-corrected chi connectivity index (χ2v) is 9.99. The van der Waals surface area contributed by atoms with Crippen molar-refractivity contribution >= 4 is 60.7 Å². The van der Waals surface area contributed by atoms with Crippen LogP contribution in [0.25, 0.3) is 21.3 Å². The molecule has 0 saturated carbocycles. The molecule has 0 spiro atoms. The number of benzene rings is 2. The van der Waals surface area contributed by atoms with E-state index >= 15 is 0 Å². The number of aromatic nitrogens is 2. The Morgan fingerprint density at radius 3 is 2.67 bits per heavy atom. The Balaban J connectivity index is 1.78. The lowest BCUT2D eigenvalue weighted by Crippen LogP contribution is -2.33. The molecule has 2 aromatic carbocycles. The highest BCUT2D eigenvalue weighted by Crippen LogP contribution is 2.36. The van der Waals surface area contributed by atoms with Crippen molar-refractivity contribution in [1.29, 1.82) is 0 Å². The number of ether oxygens (including phenoxy) is 1. The maximum atomic E-state index is 13.6. The molecule has 1 atom stereocenters. The SMILES string of the molecule is CCC(C(=O)Nc1cc(Cl)ccc1OC)n1cnc2sc(C)c(-c3ccc(Br)cc3)c2c1=O. The number of carbonyl (C=O) groups is 1. The van der Waals surface area contributed by atoms with Crippen LogP contribution in [0.3, 0.4) is 0 Å². The third-order valence-electron chi connectivity index (χ3n) is 5.39. The fraction of sp³-hybridized carbons (Fsp3) is 0.208. The fourth-order valence-corrected chi connectivity index (χ4v) is 5.24. The van der Waals surface area contributed by atoms with Crippen molar-refractivity contribution in [1.82, 2.24) is 9.55 Å². The Morgan fingerprint density at radius 2 is 2.00 bits per heavy atom. The predicted molar refractivity (Wildman–Crippen MR) is 138 cm³/mol. The lowest BCUT2D eigenvalue weighted by Gasteiger charge is -2.19. The summed E-state index contributed by atoms with van der Waals surface area (Å²) in [5.74, 6) is 0.132. The number of halogens is 2. The van der Waals surface area contributed by atoms with Crippen molar-refractivity contribution in [3.8, 4) is 16.9 Å². The first-order valence-electron chi connectivity index (χ1n) is 10.2. The molecule has 0 bridgehead atoms. The molecule has 6 nitrogen and oxygen atoms in total. The normalized spacial score (nSPS) is 12.0. The minimum Gasteiger partial charge on any atom is -0.495 e. The molecule has 9 heteroatoms. The van der Waals surface area contributed by atoms with Gasteiger partial charge in [0.15, 0.2) is 0 Å². The number of anilines is 1. The highest BCUT2D eigenvalue weighted by Gasteiger charge is 2.24. The quantitative estimate of drug-likeness (QED) is 0.302. The number of nitrogens with one attached hydrogen (secondary N) is 1. The number of methoxy groups -OCH3 is 1. The number of fused-ring (bicyclic) bond motifs is 1. The molecule has 2 aromatic heterocycles. The summed E-state index contributed by atoms with van der Waals surface area (Å²) < 4.78 is 7.68. The van der Waals surface area contributed by atoms with Gasteiger partial charge in [-0.25, -0.2) is 4.98 Å². The molecule has 0 fully saturated rings. The van der Waals surface area contributed by atoms with Crippen molar-refractivity contribution in [2.75, 3.05) is 12.4 Å². The lowest BCUT2D eigenvalue weighted by atomic mass is 10.0. The predicted octanol–water partition coefficient (Wildman–Crippen LogP) is 6.45. The van der Waals surface area contributed by atoms with E-state index in [4.69, 9.17) is 16.3 Å². The first-order chi connectivity index (χ1) is 15.8. The van der Waals surface area contributed by atoms with Gasteiger partial charge in [-0.2, -0.15) is 0 Å². The maximum absolute atomic E-state index is 13.6. The van der Waals surface area contributed by atoms with E-state index in [9.17, 15) is 9.59 Å². The van der Waals surface area contributed by atoms with E-state index in [1.54, 1.807) is 18.2 Å². The molecular formula is C24H21BrClN3O3S. The molecule has 0 saturated heterocycles. The molecule has 0 radical (unpaired) electrons. The zero-order valence-electron chi connectivity index (χ0n) is 18.2. The number of hydrogen-bond donors (Lipinski definition) is 1. The summed E-state index contributed by atoms with van der Waals surface area (Å²) >= 11 is 11.0. The number of carbonyl (C=O) groups excluding carboxylic acids is 1. The van der Waals surface area contributed by atoms with Crippen molar-refractivity contribution in [2.45, 2.75) is 26.3 Å². The molecule has 1 N–H and O–H groups in total. The van der Waals surface area contributed by atoms with Crippen LogP contribution >= 0.6 is 38.9 Å². The van der Waals surface area contributed by atoms with E-state index in [0.717, 1.165) is 20.5 Å². The van der Waals surface area contributed by atoms with Gasteiger partial charge in [0.25, 0.3) is 5.56 Å². The molecule has 1 unspecified atom stereocenters. The van der Waals surface area contributed by atoms with E-state index < -0.39 is 6.04 Å². The summed E-state index contributed by atoms with van der Waals surface area (Å²) in [6, 6.07) is 12.0. The van der Waals surface area contributed by atoms with Crippen molar-refractivity contribution < 1.29 is 9.53 Å². The van der Waals surface area contributed by atoms with Gasteiger partial charge in [-0.05, 0) is 49.2 Å². The van der Waals surface area contributed by atoms with Crippen LogP contribution in [-0.2, 0) is 4.79 Å². The number of rotatable bonds is 6. The van der Waals surface area contributed by atoms with E-state index in [0.29, 0.717) is 33.1 Å². The fourth-order valence-electron chi connectivity index (χ4n) is 3.80. The van der Waals surface area contributed by atoms with Gasteiger partial charge in [0.05, 0.1) is 24.5 Å². The van der Waals surface area contributed by atoms with Crippen molar-refractivity contribution in [3.05, 3.63) is 73.5 Å². The Morgan fingerprint density at radius 1 is 1.27 bits per heavy atom. The molecule has 170 valence electrons. The standard InChI is InChI=1S/C24H21BrClN3O3S/c1-4-18(22(30)28-17-11-16(26)9-10-19(17)32-3)29-12-27-23-21(24(29)31)20(13(2)33-23)14-5-7-15(25)8-6-14/h5-12,18H,4H2,1-3H3,(H,28,30). The van der Waals surface area contributed by atoms with Gasteiger partial charge in [-0.3, -0.25) is 14.2 Å². The molecule has 4 rings (SSSR count). The Bertz CT molecular complexity index is 1400. The van der Waals surface area contributed by atoms with Crippen LogP contribution in [0.5, 0.6) is 5.75 Å². The van der Waals surface area contributed by atoms with Crippen molar-refractivity contribution in [2.24, 2.45) is 0 Å². The number of amides is 1. The highest BCUT2D eigenvalue weighted by molar-refractivity contribution is 9.10. The van der Waals surface area contributed by atoms with Crippen LogP contribution in [0.4, 0.5) is 5.69 Å². The molecule has 0 aliphatic carbocycles. The molecule has 4 aromatic rings. The topological polar surface area (TPSA) is 73.2 Å². The monoisotopic (exact) mass is 545 g/mol. The number of thiophene rings is 1. The summed E-state index contributed by atoms with van der Waals surface area (Å²) in [5, 5.41) is 3.83. The van der Waals surface area contributed by atoms with Crippen LogP contribution < -0.4 is 15.6 Å². The van der Waals surface area contributed by atoms with Gasteiger partial charge >= 0.3 is 0 Å². The second kappa shape index (κ2) is 9.67. The van der Waals surface area contributed by atoms with Crippen LogP contribution in [0.2, 0.25) is 5.02 Å². The Labute approximate surface area is 208 Å². The molecule has 0 aliphatic rings. The highest BCUT2D eigenvalue weighted by atomic mass is 79.9. The van der Waals surface area contributed by atoms with E-state index in [2.05, 4.69) is 26.2 Å². The average Bonchev–Trinajstić information content (AvgIpc) is 3.13. The Kier molecular flexibility index (Phi) is 6.88. The number of nitrogens with zero attached hydrogens (tertiary/aromatic N) is 2. The maximum Gasteiger partial charge on any atom is 0.263 e. The van der Waals surface area contributed by atoms with Crippen molar-refractivity contribution in [3.63, 3.8) is 0 Å². The first kappa shape index (κ1) is 23.5. The molecule has 2 heterocycles. The smallest absolute Gasteiger partial charge is 0.263 e. The largest absolute Gasteiger partial charge is 0.495 e. The van der Waals surface area contributed by atoms with Gasteiger partial charge in [-0.1, -0.05) is 46.6 Å². The lowest BCUT2D eigenvalue weighted by molar-refractivity contribution is -0.119. The number of aryl methyl sites for hydroxylation is 1. The average molecular weight is 547 g/mol. The van der Waals surface area contributed by atoms with Gasteiger partial charge in [0.2, 0.25) is 5.91 Å². The summed E-state index contributed by atoms with van der Waals surface area (Å²) in [6.07, 6.45) is 1.85. The van der Waals surface area contributed by atoms with Gasteiger partial charge < -0.3 is 10.1 Å².